The average Bonchev–Trinajstić information content (AvgIpc) is 3.16. The van der Waals surface area contributed by atoms with Crippen molar-refractivity contribution in [1.82, 2.24) is 0 Å². The van der Waals surface area contributed by atoms with Crippen LogP contribution in [0.3, 0.4) is 0 Å². The van der Waals surface area contributed by atoms with Crippen molar-refractivity contribution in [2.24, 2.45) is 5.73 Å². The molecule has 2 saturated heterocycles. The summed E-state index contributed by atoms with van der Waals surface area (Å²) in [6.07, 6.45) is -2.40. The van der Waals surface area contributed by atoms with Crippen molar-refractivity contribution in [3.63, 3.8) is 0 Å². The number of cyclic esters (lactones) is 1. The van der Waals surface area contributed by atoms with Crippen LogP contribution in [0, 0.1) is 0 Å². The van der Waals surface area contributed by atoms with E-state index in [-0.39, 0.29) is 19.0 Å². The number of nitrogens with zero attached hydrogens (tertiary/aromatic N) is 1. The van der Waals surface area contributed by atoms with E-state index in [0.717, 1.165) is 4.90 Å². The fraction of sp³-hybridized carbons (Fsp3) is 0.600. The maximum atomic E-state index is 12.7. The normalized spacial score (nSPS) is 35.5. The number of methoxy groups -OCH3 is 2. The number of nitrogens with one attached hydrogen (secondary N) is 1. The first-order chi connectivity index (χ1) is 14.7. The van der Waals surface area contributed by atoms with Crippen LogP contribution in [0.25, 0.3) is 0 Å². The fourth-order valence-corrected chi connectivity index (χ4v) is 4.76. The first kappa shape index (κ1) is 22.3. The van der Waals surface area contributed by atoms with Crippen molar-refractivity contribution in [3.8, 4) is 0 Å². The van der Waals surface area contributed by atoms with Gasteiger partial charge in [0.05, 0.1) is 18.0 Å². The van der Waals surface area contributed by atoms with Crippen LogP contribution in [0.2, 0.25) is 0 Å². The van der Waals surface area contributed by atoms with Crippen LogP contribution in [0.4, 0.5) is 16.2 Å². The molecule has 1 aromatic carbocycles. The lowest BCUT2D eigenvalue weighted by atomic mass is 10.00. The first-order valence-corrected chi connectivity index (χ1v) is 10.9. The van der Waals surface area contributed by atoms with Crippen molar-refractivity contribution in [2.45, 2.75) is 48.6 Å². The number of nitrogens with two attached hydrogens (primary N) is 1. The molecule has 0 aliphatic carbocycles. The molecule has 11 heteroatoms. The molecule has 0 aromatic heterocycles. The van der Waals surface area contributed by atoms with E-state index >= 15 is 0 Å². The molecule has 0 radical (unpaired) electrons. The van der Waals surface area contributed by atoms with Gasteiger partial charge in [-0.05, 0) is 32.0 Å². The average molecular weight is 454 g/mol. The molecule has 31 heavy (non-hydrogen) atoms. The number of rotatable bonds is 5. The quantitative estimate of drug-likeness (QED) is 0.683. The second-order valence-corrected chi connectivity index (χ2v) is 8.84. The number of anilines is 2. The van der Waals surface area contributed by atoms with E-state index in [1.165, 1.54) is 30.9 Å². The highest BCUT2D eigenvalue weighted by molar-refractivity contribution is 8.00. The van der Waals surface area contributed by atoms with Gasteiger partial charge in [-0.15, -0.1) is 11.8 Å². The van der Waals surface area contributed by atoms with Crippen LogP contribution < -0.4 is 16.0 Å². The highest BCUT2D eigenvalue weighted by atomic mass is 32.2. The summed E-state index contributed by atoms with van der Waals surface area (Å²) >= 11 is 1.46. The molecule has 3 heterocycles. The van der Waals surface area contributed by atoms with Crippen LogP contribution in [-0.2, 0) is 28.5 Å². The Hall–Kier alpha value is -1.89. The number of hydrogen-bond donors (Lipinski definition) is 2. The molecule has 3 aliphatic heterocycles. The molecule has 0 saturated carbocycles. The molecule has 3 aliphatic rings. The largest absolute Gasteiger partial charge is 0.441 e. The Morgan fingerprint density at radius 3 is 2.61 bits per heavy atom. The third kappa shape index (κ3) is 3.79. The van der Waals surface area contributed by atoms with Gasteiger partial charge in [-0.3, -0.25) is 9.69 Å². The van der Waals surface area contributed by atoms with Gasteiger partial charge < -0.3 is 34.7 Å². The van der Waals surface area contributed by atoms with Crippen LogP contribution in [-0.4, -0.2) is 74.9 Å². The summed E-state index contributed by atoms with van der Waals surface area (Å²) in [5, 5.41) is 2.83. The zero-order valence-electron chi connectivity index (χ0n) is 17.9. The number of benzene rings is 1. The van der Waals surface area contributed by atoms with Gasteiger partial charge in [-0.25, -0.2) is 4.79 Å². The minimum absolute atomic E-state index is 0.0740. The van der Waals surface area contributed by atoms with Crippen LogP contribution in [0.1, 0.15) is 13.8 Å². The maximum Gasteiger partial charge on any atom is 0.414 e. The van der Waals surface area contributed by atoms with Crippen molar-refractivity contribution in [1.29, 1.82) is 0 Å². The number of hydrogen-bond acceptors (Lipinski definition) is 9. The Kier molecular flexibility index (Phi) is 5.92. The number of thioether (sulfide) groups is 1. The second-order valence-electron chi connectivity index (χ2n) is 7.82. The van der Waals surface area contributed by atoms with Crippen LogP contribution in [0.5, 0.6) is 0 Å². The number of ether oxygens (including phenoxy) is 5. The predicted octanol–water partition coefficient (Wildman–Crippen LogP) is 1.52. The summed E-state index contributed by atoms with van der Waals surface area (Å²) in [6.45, 7) is 3.78. The van der Waals surface area contributed by atoms with Gasteiger partial charge in [0, 0.05) is 31.3 Å². The first-order valence-electron chi connectivity index (χ1n) is 9.94. The molecule has 3 N–H and O–H groups in total. The molecule has 0 spiro atoms. The van der Waals surface area contributed by atoms with Crippen LogP contribution in [0.15, 0.2) is 23.1 Å². The molecule has 1 aromatic rings. The Morgan fingerprint density at radius 1 is 1.23 bits per heavy atom. The monoisotopic (exact) mass is 453 g/mol. The van der Waals surface area contributed by atoms with E-state index < -0.39 is 36.0 Å². The van der Waals surface area contributed by atoms with Crippen LogP contribution >= 0.6 is 11.8 Å². The topological polar surface area (TPSA) is 122 Å². The van der Waals surface area contributed by atoms with Crippen molar-refractivity contribution >= 4 is 35.1 Å². The third-order valence-corrected chi connectivity index (χ3v) is 7.12. The standard InChI is InChI=1S/C20H27N3O7S/c1-19(26-3)20(2,27-4)30-17(13(8-21)29-19)14-9-23(18(25)28-14)11-5-6-15-12(7-11)22-16(24)10-31-15/h5-7,13-14,17H,8-10,21H2,1-4H3,(H,22,24)/t13-,14-,17+,19+,20+/m1/s1. The third-order valence-electron chi connectivity index (χ3n) is 6.05. The Balaban J connectivity index is 1.56. The summed E-state index contributed by atoms with van der Waals surface area (Å²) in [5.74, 6) is -2.14. The molecule has 10 nitrogen and oxygen atoms in total. The highest BCUT2D eigenvalue weighted by Gasteiger charge is 2.59. The lowest BCUT2D eigenvalue weighted by Crippen LogP contribution is -2.68. The van der Waals surface area contributed by atoms with Crippen molar-refractivity contribution < 1.29 is 33.3 Å². The molecule has 5 atom stereocenters. The van der Waals surface area contributed by atoms with Gasteiger partial charge in [-0.2, -0.15) is 0 Å². The number of carbonyl (C=O) groups is 2. The van der Waals surface area contributed by atoms with Gasteiger partial charge in [0.25, 0.3) is 0 Å². The van der Waals surface area contributed by atoms with Crippen molar-refractivity contribution in [2.75, 3.05) is 43.3 Å². The summed E-state index contributed by atoms with van der Waals surface area (Å²) in [4.78, 5) is 26.9. The molecule has 0 unspecified atom stereocenters. The van der Waals surface area contributed by atoms with E-state index in [1.807, 2.05) is 12.1 Å². The van der Waals surface area contributed by atoms with E-state index in [2.05, 4.69) is 5.32 Å². The molecule has 4 rings (SSSR count). The van der Waals surface area contributed by atoms with Gasteiger partial charge >= 0.3 is 6.09 Å². The van der Waals surface area contributed by atoms with E-state index in [0.29, 0.717) is 17.1 Å². The predicted molar refractivity (Wildman–Crippen MR) is 113 cm³/mol. The Morgan fingerprint density at radius 2 is 1.94 bits per heavy atom. The molecular weight excluding hydrogens is 426 g/mol. The molecule has 2 amide bonds. The summed E-state index contributed by atoms with van der Waals surface area (Å²) in [6, 6.07) is 5.47. The summed E-state index contributed by atoms with van der Waals surface area (Å²) in [7, 11) is 2.99. The van der Waals surface area contributed by atoms with E-state index in [1.54, 1.807) is 19.9 Å². The van der Waals surface area contributed by atoms with E-state index in [9.17, 15) is 9.59 Å². The lowest BCUT2D eigenvalue weighted by Gasteiger charge is -2.52. The zero-order valence-corrected chi connectivity index (χ0v) is 18.7. The van der Waals surface area contributed by atoms with Gasteiger partial charge in [0.1, 0.15) is 12.2 Å². The maximum absolute atomic E-state index is 12.7. The summed E-state index contributed by atoms with van der Waals surface area (Å²) < 4.78 is 29.1. The highest BCUT2D eigenvalue weighted by Crippen LogP contribution is 2.42. The zero-order chi connectivity index (χ0) is 22.4. The summed E-state index contributed by atoms with van der Waals surface area (Å²) in [5.41, 5.74) is 7.23. The smallest absolute Gasteiger partial charge is 0.414 e. The second kappa shape index (κ2) is 8.23. The number of carbonyl (C=O) groups excluding carboxylic acids is 2. The van der Waals surface area contributed by atoms with Gasteiger partial charge in [0.2, 0.25) is 17.5 Å². The molecule has 0 bridgehead atoms. The molecular formula is C20H27N3O7S. The van der Waals surface area contributed by atoms with Gasteiger partial charge in [0.15, 0.2) is 6.10 Å². The molecule has 170 valence electrons. The number of fused-ring (bicyclic) bond motifs is 1. The number of amides is 2. The minimum Gasteiger partial charge on any atom is -0.441 e. The van der Waals surface area contributed by atoms with Crippen molar-refractivity contribution in [3.05, 3.63) is 18.2 Å². The lowest BCUT2D eigenvalue weighted by molar-refractivity contribution is -0.451. The minimum atomic E-state index is -1.24. The Bertz CT molecular complexity index is 886. The fourth-order valence-electron chi connectivity index (χ4n) is 3.98. The molecule has 2 fully saturated rings. The Labute approximate surface area is 184 Å². The van der Waals surface area contributed by atoms with Gasteiger partial charge in [-0.1, -0.05) is 0 Å². The van der Waals surface area contributed by atoms with E-state index in [4.69, 9.17) is 29.4 Å². The SMILES string of the molecule is CO[C@@]1(C)O[C@H]([C@H]2CN(c3ccc4c(c3)NC(=O)CS4)C(=O)O2)[C@@H](CN)O[C@]1(C)OC.